The van der Waals surface area contributed by atoms with Gasteiger partial charge >= 0.3 is 0 Å². The van der Waals surface area contributed by atoms with Crippen molar-refractivity contribution in [2.45, 2.75) is 11.3 Å². The molecule has 0 unspecified atom stereocenters. The second-order valence-electron chi connectivity index (χ2n) is 5.79. The van der Waals surface area contributed by atoms with Gasteiger partial charge in [0.1, 0.15) is 21.5 Å². The summed E-state index contributed by atoms with van der Waals surface area (Å²) in [5.74, 6) is -0.668. The summed E-state index contributed by atoms with van der Waals surface area (Å²) in [5, 5.41) is 10.1. The van der Waals surface area contributed by atoms with Crippen molar-refractivity contribution in [2.24, 2.45) is 5.14 Å². The van der Waals surface area contributed by atoms with E-state index in [0.717, 1.165) is 0 Å². The highest BCUT2D eigenvalue weighted by Crippen LogP contribution is 2.27. The third kappa shape index (κ3) is 4.71. The minimum Gasteiger partial charge on any atom is -0.495 e. The lowest BCUT2D eigenvalue weighted by Crippen LogP contribution is -2.17. The van der Waals surface area contributed by atoms with E-state index in [1.807, 2.05) is 0 Å². The highest BCUT2D eigenvalue weighted by atomic mass is 32.2. The number of thiazole rings is 1. The number of benzene rings is 2. The maximum atomic E-state index is 13.3. The van der Waals surface area contributed by atoms with E-state index in [1.54, 1.807) is 17.5 Å². The molecule has 7 nitrogen and oxygen atoms in total. The molecule has 0 bridgehead atoms. The summed E-state index contributed by atoms with van der Waals surface area (Å²) < 4.78 is 41.6. The number of sulfonamides is 1. The number of primary sulfonamides is 1. The van der Waals surface area contributed by atoms with Gasteiger partial charge in [-0.15, -0.1) is 11.3 Å². The molecular formula is C18H16FN3O4S2. The summed E-state index contributed by atoms with van der Waals surface area (Å²) >= 11 is 1.30. The number of hydrogen-bond donors (Lipinski definition) is 2. The van der Waals surface area contributed by atoms with Crippen LogP contribution >= 0.6 is 11.3 Å². The first-order chi connectivity index (χ1) is 13.3. The van der Waals surface area contributed by atoms with Crippen molar-refractivity contribution in [2.75, 3.05) is 12.4 Å². The van der Waals surface area contributed by atoms with Crippen molar-refractivity contribution in [3.63, 3.8) is 0 Å². The summed E-state index contributed by atoms with van der Waals surface area (Å²) in [7, 11) is -2.69. The van der Waals surface area contributed by atoms with Crippen LogP contribution in [0.3, 0.4) is 0 Å². The average molecular weight is 421 g/mol. The molecule has 0 atom stereocenters. The van der Waals surface area contributed by atoms with E-state index in [0.29, 0.717) is 16.3 Å². The molecule has 0 aliphatic rings. The summed E-state index contributed by atoms with van der Waals surface area (Å²) in [6.07, 6.45) is -0.0252. The van der Waals surface area contributed by atoms with Gasteiger partial charge in [0, 0.05) is 16.6 Å². The molecule has 0 saturated heterocycles. The Kier molecular flexibility index (Phi) is 5.73. The Morgan fingerprint density at radius 1 is 1.29 bits per heavy atom. The van der Waals surface area contributed by atoms with Crippen LogP contribution in [-0.4, -0.2) is 26.4 Å². The standard InChI is InChI=1S/C18H16FN3O4S2/c1-26-15-6-5-13(8-16(15)28(20,24)25)21-17(23)9-14-10-27-18(22-14)11-3-2-4-12(19)7-11/h2-8,10H,9H2,1H3,(H,21,23)(H2,20,24,25). The number of hydrogen-bond acceptors (Lipinski definition) is 6. The molecule has 3 rings (SSSR count). The first-order valence-electron chi connectivity index (χ1n) is 7.97. The van der Waals surface area contributed by atoms with Gasteiger partial charge in [0.2, 0.25) is 15.9 Å². The Morgan fingerprint density at radius 2 is 2.07 bits per heavy atom. The lowest BCUT2D eigenvalue weighted by molar-refractivity contribution is -0.115. The van der Waals surface area contributed by atoms with E-state index in [9.17, 15) is 17.6 Å². The number of methoxy groups -OCH3 is 1. The van der Waals surface area contributed by atoms with Gasteiger partial charge in [0.05, 0.1) is 19.2 Å². The van der Waals surface area contributed by atoms with E-state index in [4.69, 9.17) is 9.88 Å². The van der Waals surface area contributed by atoms with Gasteiger partial charge in [-0.2, -0.15) is 0 Å². The zero-order chi connectivity index (χ0) is 20.3. The topological polar surface area (TPSA) is 111 Å². The molecule has 2 aromatic carbocycles. The van der Waals surface area contributed by atoms with Crippen LogP contribution < -0.4 is 15.2 Å². The molecule has 1 amide bonds. The van der Waals surface area contributed by atoms with Gasteiger partial charge in [-0.05, 0) is 30.3 Å². The van der Waals surface area contributed by atoms with Gasteiger partial charge in [0.15, 0.2) is 0 Å². The Hall–Kier alpha value is -2.82. The number of nitrogens with zero attached hydrogens (tertiary/aromatic N) is 1. The van der Waals surface area contributed by atoms with Gasteiger partial charge < -0.3 is 10.1 Å². The molecule has 0 saturated carbocycles. The van der Waals surface area contributed by atoms with Crippen molar-refractivity contribution in [3.8, 4) is 16.3 Å². The van der Waals surface area contributed by atoms with Crippen LogP contribution in [0.2, 0.25) is 0 Å². The maximum Gasteiger partial charge on any atom is 0.241 e. The van der Waals surface area contributed by atoms with Crippen LogP contribution in [0.4, 0.5) is 10.1 Å². The smallest absolute Gasteiger partial charge is 0.241 e. The SMILES string of the molecule is COc1ccc(NC(=O)Cc2csc(-c3cccc(F)c3)n2)cc1S(N)(=O)=O. The number of anilines is 1. The number of carbonyl (C=O) groups is 1. The molecule has 0 radical (unpaired) electrons. The number of nitrogens with one attached hydrogen (secondary N) is 1. The highest BCUT2D eigenvalue weighted by molar-refractivity contribution is 7.89. The molecule has 1 heterocycles. The molecule has 0 spiro atoms. The van der Waals surface area contributed by atoms with Crippen LogP contribution in [-0.2, 0) is 21.2 Å². The molecule has 3 aromatic rings. The number of nitrogens with two attached hydrogens (primary N) is 1. The van der Waals surface area contributed by atoms with Crippen molar-refractivity contribution in [3.05, 3.63) is 59.4 Å². The third-order valence-electron chi connectivity index (χ3n) is 3.72. The van der Waals surface area contributed by atoms with E-state index in [2.05, 4.69) is 10.3 Å². The maximum absolute atomic E-state index is 13.3. The monoisotopic (exact) mass is 421 g/mol. The summed E-state index contributed by atoms with van der Waals surface area (Å²) in [4.78, 5) is 16.4. The van der Waals surface area contributed by atoms with Gasteiger partial charge in [-0.1, -0.05) is 12.1 Å². The van der Waals surface area contributed by atoms with Crippen LogP contribution in [0.5, 0.6) is 5.75 Å². The lowest BCUT2D eigenvalue weighted by atomic mass is 10.2. The minimum absolute atomic E-state index is 0.0252. The van der Waals surface area contributed by atoms with Crippen molar-refractivity contribution in [1.29, 1.82) is 0 Å². The van der Waals surface area contributed by atoms with Gasteiger partial charge in [0.25, 0.3) is 0 Å². The van der Waals surface area contributed by atoms with E-state index >= 15 is 0 Å². The number of amides is 1. The predicted octanol–water partition coefficient (Wildman–Crippen LogP) is 2.79. The number of ether oxygens (including phenoxy) is 1. The van der Waals surface area contributed by atoms with Crippen molar-refractivity contribution in [1.82, 2.24) is 4.98 Å². The Labute approximate surface area is 165 Å². The Bertz CT molecular complexity index is 1130. The second kappa shape index (κ2) is 8.05. The van der Waals surface area contributed by atoms with Crippen molar-refractivity contribution < 1.29 is 22.3 Å². The Balaban J connectivity index is 1.73. The molecule has 28 heavy (non-hydrogen) atoms. The normalized spacial score (nSPS) is 11.2. The third-order valence-corrected chi connectivity index (χ3v) is 5.59. The second-order valence-corrected chi connectivity index (χ2v) is 8.18. The number of aromatic nitrogens is 1. The highest BCUT2D eigenvalue weighted by Gasteiger charge is 2.17. The van der Waals surface area contributed by atoms with Crippen LogP contribution in [0, 0.1) is 5.82 Å². The van der Waals surface area contributed by atoms with Gasteiger partial charge in [-0.3, -0.25) is 4.79 Å². The van der Waals surface area contributed by atoms with Crippen LogP contribution in [0.25, 0.3) is 10.6 Å². The average Bonchev–Trinajstić information content (AvgIpc) is 3.09. The van der Waals surface area contributed by atoms with E-state index in [1.165, 1.54) is 48.8 Å². The molecule has 1 aromatic heterocycles. The first kappa shape index (κ1) is 19.9. The fraction of sp³-hybridized carbons (Fsp3) is 0.111. The quantitative estimate of drug-likeness (QED) is 0.636. The minimum atomic E-state index is -4.01. The van der Waals surface area contributed by atoms with Crippen molar-refractivity contribution >= 4 is 33.0 Å². The molecular weight excluding hydrogens is 405 g/mol. The zero-order valence-electron chi connectivity index (χ0n) is 14.7. The number of halogens is 1. The number of carbonyl (C=O) groups excluding carboxylic acids is 1. The molecule has 146 valence electrons. The molecule has 0 aliphatic heterocycles. The molecule has 0 fully saturated rings. The summed E-state index contributed by atoms with van der Waals surface area (Å²) in [6, 6.07) is 10.2. The fourth-order valence-corrected chi connectivity index (χ4v) is 4.03. The van der Waals surface area contributed by atoms with Gasteiger partial charge in [-0.25, -0.2) is 22.9 Å². The van der Waals surface area contributed by atoms with E-state index < -0.39 is 10.0 Å². The molecule has 0 aliphatic carbocycles. The largest absolute Gasteiger partial charge is 0.495 e. The van der Waals surface area contributed by atoms with Crippen LogP contribution in [0.1, 0.15) is 5.69 Å². The number of rotatable bonds is 6. The zero-order valence-corrected chi connectivity index (χ0v) is 16.3. The van der Waals surface area contributed by atoms with Crippen LogP contribution in [0.15, 0.2) is 52.7 Å². The lowest BCUT2D eigenvalue weighted by Gasteiger charge is -2.10. The summed E-state index contributed by atoms with van der Waals surface area (Å²) in [6.45, 7) is 0. The Morgan fingerprint density at radius 3 is 2.75 bits per heavy atom. The molecule has 10 heteroatoms. The van der Waals surface area contributed by atoms with E-state index in [-0.39, 0.29) is 34.5 Å². The summed E-state index contributed by atoms with van der Waals surface area (Å²) in [5.41, 5.74) is 1.40. The predicted molar refractivity (Wildman–Crippen MR) is 104 cm³/mol. The molecule has 3 N–H and O–H groups in total. The first-order valence-corrected chi connectivity index (χ1v) is 10.4. The fourth-order valence-electron chi connectivity index (χ4n) is 2.49.